The molecule has 10 heteroatoms. The lowest BCUT2D eigenvalue weighted by molar-refractivity contribution is -0.384. The molecule has 1 aliphatic rings. The van der Waals surface area contributed by atoms with Crippen LogP contribution in [0.5, 0.6) is 5.75 Å². The van der Waals surface area contributed by atoms with Crippen molar-refractivity contribution in [2.24, 2.45) is 5.16 Å². The third-order valence-electron chi connectivity index (χ3n) is 4.56. The molecule has 30 heavy (non-hydrogen) atoms. The zero-order valence-electron chi connectivity index (χ0n) is 16.4. The maximum Gasteiger partial charge on any atom is 0.273 e. The SMILES string of the molecule is COc1cc([N+](=O)[O-])ccc1NC(=O)/C=N\OCC(=O)N1c2ccccc2C[C@@H]1C. The fourth-order valence-electron chi connectivity index (χ4n) is 3.25. The van der Waals surface area contributed by atoms with Crippen molar-refractivity contribution in [3.63, 3.8) is 0 Å². The molecule has 0 saturated carbocycles. The number of carbonyl (C=O) groups excluding carboxylic acids is 2. The summed E-state index contributed by atoms with van der Waals surface area (Å²) in [6, 6.07) is 11.4. The molecule has 1 N–H and O–H groups in total. The molecule has 0 saturated heterocycles. The highest BCUT2D eigenvalue weighted by Gasteiger charge is 2.30. The first kappa shape index (κ1) is 20.8. The quantitative estimate of drug-likeness (QED) is 0.423. The van der Waals surface area contributed by atoms with E-state index in [9.17, 15) is 19.7 Å². The Morgan fingerprint density at radius 2 is 2.10 bits per heavy atom. The van der Waals surface area contributed by atoms with Gasteiger partial charge in [-0.25, -0.2) is 0 Å². The summed E-state index contributed by atoms with van der Waals surface area (Å²) < 4.78 is 5.04. The maximum atomic E-state index is 12.5. The van der Waals surface area contributed by atoms with Gasteiger partial charge in [-0.05, 0) is 31.0 Å². The van der Waals surface area contributed by atoms with E-state index < -0.39 is 10.8 Å². The molecule has 0 unspecified atom stereocenters. The number of amides is 2. The van der Waals surface area contributed by atoms with Crippen molar-refractivity contribution < 1.29 is 24.1 Å². The van der Waals surface area contributed by atoms with Gasteiger partial charge in [-0.3, -0.25) is 19.7 Å². The molecule has 0 fully saturated rings. The van der Waals surface area contributed by atoms with Gasteiger partial charge in [0.05, 0.1) is 23.8 Å². The topological polar surface area (TPSA) is 123 Å². The first-order valence-electron chi connectivity index (χ1n) is 9.09. The predicted octanol–water partition coefficient (Wildman–Crippen LogP) is 2.52. The van der Waals surface area contributed by atoms with E-state index in [0.29, 0.717) is 0 Å². The molecule has 0 spiro atoms. The van der Waals surface area contributed by atoms with Gasteiger partial charge in [0.2, 0.25) is 0 Å². The minimum absolute atomic E-state index is 0.0142. The number of ether oxygens (including phenoxy) is 1. The van der Waals surface area contributed by atoms with Crippen LogP contribution in [0.3, 0.4) is 0 Å². The van der Waals surface area contributed by atoms with Crippen molar-refractivity contribution >= 4 is 35.1 Å². The van der Waals surface area contributed by atoms with Gasteiger partial charge in [-0.1, -0.05) is 23.4 Å². The summed E-state index contributed by atoms with van der Waals surface area (Å²) in [5, 5.41) is 16.8. The summed E-state index contributed by atoms with van der Waals surface area (Å²) in [7, 11) is 1.33. The fraction of sp³-hybridized carbons (Fsp3) is 0.250. The lowest BCUT2D eigenvalue weighted by Crippen LogP contribution is -2.38. The highest BCUT2D eigenvalue weighted by atomic mass is 16.6. The largest absolute Gasteiger partial charge is 0.494 e. The number of rotatable bonds is 7. The monoisotopic (exact) mass is 412 g/mol. The minimum atomic E-state index is -0.644. The predicted molar refractivity (Wildman–Crippen MR) is 110 cm³/mol. The standard InChI is InChI=1S/C20H20N4O6/c1-13-9-14-5-3-4-6-17(14)23(13)20(26)12-30-21-11-19(25)22-16-8-7-15(24(27)28)10-18(16)29-2/h3-8,10-11,13H,9,12H2,1-2H3,(H,22,25)/b21-11-/t13-/m0/s1. The van der Waals surface area contributed by atoms with E-state index in [4.69, 9.17) is 9.57 Å². The number of para-hydroxylation sites is 1. The Bertz CT molecular complexity index is 1010. The van der Waals surface area contributed by atoms with Crippen LogP contribution in [0.4, 0.5) is 17.1 Å². The van der Waals surface area contributed by atoms with Crippen LogP contribution in [0.1, 0.15) is 12.5 Å². The Kier molecular flexibility index (Phi) is 6.26. The van der Waals surface area contributed by atoms with Gasteiger partial charge in [0.15, 0.2) is 6.61 Å². The number of hydrogen-bond donors (Lipinski definition) is 1. The number of carbonyl (C=O) groups is 2. The smallest absolute Gasteiger partial charge is 0.273 e. The van der Waals surface area contributed by atoms with Crippen molar-refractivity contribution in [3.05, 3.63) is 58.1 Å². The number of methoxy groups -OCH3 is 1. The second kappa shape index (κ2) is 9.03. The Balaban J connectivity index is 1.54. The number of hydrogen-bond acceptors (Lipinski definition) is 7. The second-order valence-electron chi connectivity index (χ2n) is 6.58. The summed E-state index contributed by atoms with van der Waals surface area (Å²) in [5.74, 6) is -0.778. The van der Waals surface area contributed by atoms with Crippen LogP contribution in [-0.4, -0.2) is 42.7 Å². The molecule has 156 valence electrons. The Hall–Kier alpha value is -3.95. The average Bonchev–Trinajstić information content (AvgIpc) is 3.06. The van der Waals surface area contributed by atoms with Crippen LogP contribution in [0.25, 0.3) is 0 Å². The molecule has 2 amide bonds. The van der Waals surface area contributed by atoms with Gasteiger partial charge in [0.25, 0.3) is 17.5 Å². The van der Waals surface area contributed by atoms with Crippen LogP contribution in [-0.2, 0) is 20.8 Å². The first-order chi connectivity index (χ1) is 14.4. The third-order valence-corrected chi connectivity index (χ3v) is 4.56. The fourth-order valence-corrected chi connectivity index (χ4v) is 3.25. The van der Waals surface area contributed by atoms with Crippen LogP contribution in [0, 0.1) is 10.1 Å². The lowest BCUT2D eigenvalue weighted by atomic mass is 10.1. The van der Waals surface area contributed by atoms with Crippen LogP contribution in [0.15, 0.2) is 47.6 Å². The molecule has 2 aromatic rings. The summed E-state index contributed by atoms with van der Waals surface area (Å²) >= 11 is 0. The average molecular weight is 412 g/mol. The number of nitro benzene ring substituents is 1. The molecule has 0 aliphatic carbocycles. The van der Waals surface area contributed by atoms with E-state index in [1.165, 1.54) is 25.3 Å². The van der Waals surface area contributed by atoms with E-state index in [1.807, 2.05) is 31.2 Å². The van der Waals surface area contributed by atoms with Crippen molar-refractivity contribution in [2.75, 3.05) is 23.9 Å². The van der Waals surface area contributed by atoms with Gasteiger partial charge >= 0.3 is 0 Å². The molecule has 1 heterocycles. The molecule has 10 nitrogen and oxygen atoms in total. The molecule has 0 bridgehead atoms. The number of benzene rings is 2. The van der Waals surface area contributed by atoms with E-state index >= 15 is 0 Å². The number of oxime groups is 1. The highest BCUT2D eigenvalue weighted by molar-refractivity contribution is 6.31. The first-order valence-corrected chi connectivity index (χ1v) is 9.09. The lowest BCUT2D eigenvalue weighted by Gasteiger charge is -2.21. The number of non-ortho nitro benzene ring substituents is 1. The van der Waals surface area contributed by atoms with E-state index in [-0.39, 0.29) is 35.7 Å². The van der Waals surface area contributed by atoms with Crippen molar-refractivity contribution in [1.82, 2.24) is 0 Å². The Morgan fingerprint density at radius 3 is 2.83 bits per heavy atom. The van der Waals surface area contributed by atoms with Gasteiger partial charge in [-0.2, -0.15) is 0 Å². The number of anilines is 2. The van der Waals surface area contributed by atoms with Gasteiger partial charge in [0, 0.05) is 17.8 Å². The number of nitrogens with one attached hydrogen (secondary N) is 1. The number of fused-ring (bicyclic) bond motifs is 1. The van der Waals surface area contributed by atoms with Crippen LogP contribution < -0.4 is 15.0 Å². The summed E-state index contributed by atoms with van der Waals surface area (Å²) in [6.07, 6.45) is 1.64. The zero-order chi connectivity index (χ0) is 21.7. The second-order valence-corrected chi connectivity index (χ2v) is 6.58. The Labute approximate surface area is 172 Å². The molecular formula is C20H20N4O6. The van der Waals surface area contributed by atoms with Gasteiger partial charge in [0.1, 0.15) is 12.0 Å². The van der Waals surface area contributed by atoms with Gasteiger partial charge < -0.3 is 19.8 Å². The molecule has 3 rings (SSSR count). The molecule has 0 aromatic heterocycles. The normalized spacial score (nSPS) is 15.0. The van der Waals surface area contributed by atoms with Gasteiger partial charge in [-0.15, -0.1) is 0 Å². The molecular weight excluding hydrogens is 392 g/mol. The van der Waals surface area contributed by atoms with E-state index in [0.717, 1.165) is 23.9 Å². The summed E-state index contributed by atoms with van der Waals surface area (Å²) in [5.41, 5.74) is 2.01. The van der Waals surface area contributed by atoms with E-state index in [2.05, 4.69) is 10.5 Å². The van der Waals surface area contributed by atoms with E-state index in [1.54, 1.807) is 4.90 Å². The van der Waals surface area contributed by atoms with Crippen LogP contribution in [0.2, 0.25) is 0 Å². The van der Waals surface area contributed by atoms with Crippen LogP contribution >= 0.6 is 0 Å². The maximum absolute atomic E-state index is 12.5. The van der Waals surface area contributed by atoms with Crippen molar-refractivity contribution in [3.8, 4) is 5.75 Å². The molecule has 2 aromatic carbocycles. The highest BCUT2D eigenvalue weighted by Crippen LogP contribution is 2.32. The minimum Gasteiger partial charge on any atom is -0.494 e. The summed E-state index contributed by atoms with van der Waals surface area (Å²) in [4.78, 5) is 41.4. The number of nitrogens with zero attached hydrogens (tertiary/aromatic N) is 3. The summed E-state index contributed by atoms with van der Waals surface area (Å²) in [6.45, 7) is 1.63. The zero-order valence-corrected chi connectivity index (χ0v) is 16.4. The molecule has 1 aliphatic heterocycles. The molecule has 1 atom stereocenters. The number of nitro groups is 1. The Morgan fingerprint density at radius 1 is 1.33 bits per heavy atom. The van der Waals surface area contributed by atoms with Crippen molar-refractivity contribution in [1.29, 1.82) is 0 Å². The third kappa shape index (κ3) is 4.54. The van der Waals surface area contributed by atoms with Crippen molar-refractivity contribution in [2.45, 2.75) is 19.4 Å². The molecule has 0 radical (unpaired) electrons.